The first-order valence-corrected chi connectivity index (χ1v) is 44.8. The minimum Gasteiger partial charge on any atom is -0.465 e. The largest absolute Gasteiger partial charge is 0.465 e. The number of thioether (sulfide) groups is 6. The van der Waals surface area contributed by atoms with Gasteiger partial charge in [0, 0.05) is 75.0 Å². The molecule has 0 aliphatic rings. The van der Waals surface area contributed by atoms with Gasteiger partial charge in [-0.25, -0.2) is 0 Å². The molecule has 0 radical (unpaired) electrons. The van der Waals surface area contributed by atoms with Crippen LogP contribution in [-0.2, 0) is 99.7 Å². The van der Waals surface area contributed by atoms with Crippen LogP contribution in [0.25, 0.3) is 0 Å². The number of carbonyl (C=O) groups excluding carboxylic acids is 7. The predicted molar refractivity (Wildman–Crippen MR) is 345 cm³/mol. The van der Waals surface area contributed by atoms with Crippen molar-refractivity contribution in [3.8, 4) is 0 Å². The number of rotatable bonds is 55. The highest BCUT2D eigenvalue weighted by Gasteiger charge is 2.41. The van der Waals surface area contributed by atoms with E-state index < -0.39 is 202 Å². The van der Waals surface area contributed by atoms with Crippen LogP contribution in [0.4, 0.5) is 0 Å². The van der Waals surface area contributed by atoms with Crippen molar-refractivity contribution in [1.29, 1.82) is 0 Å². The molecule has 0 bridgehead atoms. The van der Waals surface area contributed by atoms with Crippen LogP contribution in [0.1, 0.15) is 59.3 Å². The molecule has 91 heavy (non-hydrogen) atoms. The van der Waals surface area contributed by atoms with E-state index in [1.807, 2.05) is 0 Å². The molecule has 1 amide bonds. The van der Waals surface area contributed by atoms with Crippen molar-refractivity contribution in [2.45, 2.75) is 64.8 Å². The van der Waals surface area contributed by atoms with Gasteiger partial charge in [0.05, 0.1) is 105 Å². The van der Waals surface area contributed by atoms with Crippen LogP contribution in [0.5, 0.6) is 0 Å². The summed E-state index contributed by atoms with van der Waals surface area (Å²) in [7, 11) is -26.4. The Morgan fingerprint density at radius 3 is 0.824 bits per heavy atom. The Labute approximate surface area is 553 Å². The van der Waals surface area contributed by atoms with Crippen molar-refractivity contribution in [2.24, 2.45) is 16.7 Å². The Kier molecular flexibility index (Phi) is 45.1. The van der Waals surface area contributed by atoms with Crippen molar-refractivity contribution in [1.82, 2.24) is 5.32 Å². The normalized spacial score (nSPS) is 13.3. The van der Waals surface area contributed by atoms with E-state index in [0.29, 0.717) is 0 Å². The SMILES string of the molecule is CC(CSCCC(=O)OCC(COCC(COC(=O)CCSCCP(=O)(O)O)(COC(=O)CCSCCP(=O)(O)O)COC(=O)CCSCCP(=O)(O)O)(COC(=O)CCSCCP(=O)(O)O)COC(=O)CCSCCP(=O)(O)O)C(=O)NC(C)(C)CS(=O)(=O)O. The molecule has 0 rings (SSSR count). The lowest BCUT2D eigenvalue weighted by molar-refractivity contribution is -0.175. The summed E-state index contributed by atoms with van der Waals surface area (Å²) in [6.07, 6.45) is -4.57. The second kappa shape index (κ2) is 45.6. The molecule has 0 saturated carbocycles. The molecule has 0 fully saturated rings. The monoisotopic (exact) mass is 1540 g/mol. The van der Waals surface area contributed by atoms with E-state index in [0.717, 1.165) is 70.6 Å². The van der Waals surface area contributed by atoms with Crippen molar-refractivity contribution in [3.63, 3.8) is 0 Å². The van der Waals surface area contributed by atoms with Crippen LogP contribution in [0.15, 0.2) is 0 Å². The molecule has 12 N–H and O–H groups in total. The lowest BCUT2D eigenvalue weighted by Gasteiger charge is -2.35. The summed E-state index contributed by atoms with van der Waals surface area (Å²) in [6.45, 7) is -1.87. The van der Waals surface area contributed by atoms with Gasteiger partial charge in [-0.3, -0.25) is 60.9 Å². The molecule has 0 heterocycles. The molecule has 0 aromatic carbocycles. The summed E-state index contributed by atoms with van der Waals surface area (Å²) >= 11 is 6.14. The average Bonchev–Trinajstić information content (AvgIpc) is 1.49. The summed E-state index contributed by atoms with van der Waals surface area (Å²) < 4.78 is 129. The van der Waals surface area contributed by atoms with Gasteiger partial charge in [0.2, 0.25) is 5.91 Å². The van der Waals surface area contributed by atoms with E-state index in [1.54, 1.807) is 0 Å². The Hall–Kier alpha value is -0.990. The number of hydrogen-bond acceptors (Lipinski definition) is 27. The lowest BCUT2D eigenvalue weighted by atomic mass is 9.90. The van der Waals surface area contributed by atoms with Crippen molar-refractivity contribution in [2.75, 3.05) is 158 Å². The molecule has 0 saturated heterocycles. The van der Waals surface area contributed by atoms with Crippen LogP contribution >= 0.6 is 109 Å². The fourth-order valence-corrected chi connectivity index (χ4v) is 18.3. The highest BCUT2D eigenvalue weighted by atomic mass is 32.2. The second-order valence-electron chi connectivity index (χ2n) is 21.0. The Morgan fingerprint density at radius 1 is 0.396 bits per heavy atom. The smallest absolute Gasteiger partial charge is 0.326 e. The first-order chi connectivity index (χ1) is 41.8. The van der Waals surface area contributed by atoms with E-state index in [2.05, 4.69) is 5.32 Å². The molecule has 45 heteroatoms. The summed E-state index contributed by atoms with van der Waals surface area (Å²) in [6, 6.07) is 0. The first-order valence-electron chi connectivity index (χ1n) is 27.3. The van der Waals surface area contributed by atoms with E-state index in [-0.39, 0.29) is 108 Å². The van der Waals surface area contributed by atoms with Gasteiger partial charge >= 0.3 is 73.8 Å². The molecular weight excluding hydrogens is 1460 g/mol. The second-order valence-corrected chi connectivity index (χ2v) is 38.6. The van der Waals surface area contributed by atoms with Gasteiger partial charge in [0.25, 0.3) is 10.1 Å². The van der Waals surface area contributed by atoms with E-state index in [4.69, 9.17) is 33.2 Å². The fourth-order valence-electron chi connectivity index (χ4n) is 6.46. The van der Waals surface area contributed by atoms with Gasteiger partial charge in [-0.15, -0.1) is 0 Å². The van der Waals surface area contributed by atoms with Crippen molar-refractivity contribution in [3.05, 3.63) is 0 Å². The number of esters is 6. The van der Waals surface area contributed by atoms with Crippen LogP contribution < -0.4 is 5.32 Å². The number of nitrogens with one attached hydrogen (secondary N) is 1. The maximum atomic E-state index is 13.5. The fraction of sp³-hybridized carbons (Fsp3) is 0.848. The van der Waals surface area contributed by atoms with Crippen molar-refractivity contribution >= 4 is 160 Å². The van der Waals surface area contributed by atoms with Crippen LogP contribution in [0.2, 0.25) is 0 Å². The van der Waals surface area contributed by atoms with Gasteiger partial charge in [-0.1, -0.05) is 6.92 Å². The highest BCUT2D eigenvalue weighted by Crippen LogP contribution is 2.38. The summed E-state index contributed by atoms with van der Waals surface area (Å²) in [5.74, 6) is -7.65. The first kappa shape index (κ1) is 90.0. The summed E-state index contributed by atoms with van der Waals surface area (Å²) in [4.78, 5) is 185. The van der Waals surface area contributed by atoms with E-state index in [1.165, 1.54) is 20.8 Å². The van der Waals surface area contributed by atoms with Crippen LogP contribution in [-0.4, -0.2) is 268 Å². The molecule has 0 aromatic rings. The Morgan fingerprint density at radius 2 is 0.615 bits per heavy atom. The zero-order valence-corrected chi connectivity index (χ0v) is 60.5. The molecule has 1 atom stereocenters. The maximum Gasteiger partial charge on any atom is 0.326 e. The van der Waals surface area contributed by atoms with Gasteiger partial charge in [-0.2, -0.15) is 79.0 Å². The quantitative estimate of drug-likeness (QED) is 0.0137. The number of ether oxygens (including phenoxy) is 7. The molecule has 0 aliphatic carbocycles. The van der Waals surface area contributed by atoms with Gasteiger partial charge in [-0.05, 0) is 13.8 Å². The van der Waals surface area contributed by atoms with Gasteiger partial charge in [0.15, 0.2) is 0 Å². The standard InChI is InChI=1S/C46H86NO32P5S7/c1-36(43(54)47-44(2,3)35-91(70,71)72)26-90-20-9-42(53)79-34-46(32-77-40(51)7-18-88-24-13-83(64,65)66,33-78-41(52)8-19-89-25-14-84(67,68)69)28-73-27-45(29-74-37(48)4-15-85-21-10-80(55,56)57,30-75-38(49)5-16-86-22-11-81(58,59)60)31-76-39(50)6-17-87-23-12-82(61,62)63/h36H,4-35H2,1-3H3,(H,47,54)(H2,55,56,57)(H2,58,59,60)(H2,61,62,63)(H2,64,65,66)(H2,67,68,69)(H,70,71,72). The number of hydrogen-bond donors (Lipinski definition) is 12. The van der Waals surface area contributed by atoms with Crippen LogP contribution in [0, 0.1) is 16.7 Å². The molecule has 33 nitrogen and oxygen atoms in total. The molecular formula is C46H86NO32P5S7. The molecule has 1 unspecified atom stereocenters. The molecule has 0 spiro atoms. The minimum atomic E-state index is -4.46. The third kappa shape index (κ3) is 55.7. The highest BCUT2D eigenvalue weighted by molar-refractivity contribution is 8.00. The maximum absolute atomic E-state index is 13.5. The molecule has 0 aliphatic heterocycles. The average molecular weight is 1540 g/mol. The number of carbonyl (C=O) groups is 7. The third-order valence-corrected chi connectivity index (χ3v) is 24.0. The Bertz CT molecular complexity index is 2450. The zero-order valence-electron chi connectivity index (χ0n) is 50.3. The van der Waals surface area contributed by atoms with Crippen LogP contribution in [0.3, 0.4) is 0 Å². The lowest BCUT2D eigenvalue weighted by Crippen LogP contribution is -2.50. The van der Waals surface area contributed by atoms with E-state index in [9.17, 15) is 118 Å². The third-order valence-electron chi connectivity index (χ3n) is 11.2. The van der Waals surface area contributed by atoms with Crippen molar-refractivity contribution < 1.29 is 151 Å². The summed E-state index contributed by atoms with van der Waals surface area (Å²) in [5, 5.41) is 2.53. The van der Waals surface area contributed by atoms with Gasteiger partial charge in [0.1, 0.15) is 39.6 Å². The predicted octanol–water partition coefficient (Wildman–Crippen LogP) is 2.28. The summed E-state index contributed by atoms with van der Waals surface area (Å²) in [5.41, 5.74) is -5.16. The zero-order chi connectivity index (χ0) is 69.6. The van der Waals surface area contributed by atoms with Gasteiger partial charge < -0.3 is 87.4 Å². The topological polar surface area (TPSA) is 538 Å². The molecule has 534 valence electrons. The molecule has 0 aromatic heterocycles. The number of amides is 1. The Balaban J connectivity index is 7.41. The van der Waals surface area contributed by atoms with E-state index >= 15 is 0 Å². The minimum absolute atomic E-state index is 0.00202.